The van der Waals surface area contributed by atoms with Crippen LogP contribution in [0.2, 0.25) is 0 Å². The molecule has 0 bridgehead atoms. The molecule has 1 aromatic carbocycles. The van der Waals surface area contributed by atoms with Gasteiger partial charge in [-0.05, 0) is 40.5 Å². The van der Waals surface area contributed by atoms with Crippen LogP contribution in [0.5, 0.6) is 0 Å². The number of rotatable bonds is 2. The lowest BCUT2D eigenvalue weighted by Gasteiger charge is -2.09. The summed E-state index contributed by atoms with van der Waals surface area (Å²) in [5.74, 6) is 0.552. The van der Waals surface area contributed by atoms with Gasteiger partial charge in [0, 0.05) is 11.8 Å². The highest BCUT2D eigenvalue weighted by Gasteiger charge is 2.30. The molecule has 0 N–H and O–H groups in total. The minimum absolute atomic E-state index is 0.315. The van der Waals surface area contributed by atoms with Gasteiger partial charge in [-0.3, -0.25) is 0 Å². The minimum atomic E-state index is -4.35. The first kappa shape index (κ1) is 13.3. The highest BCUT2D eigenvalue weighted by molar-refractivity contribution is 9.10. The van der Waals surface area contributed by atoms with E-state index in [-0.39, 0.29) is 0 Å². The fraction of sp³-hybridized carbons (Fsp3) is 0.333. The van der Waals surface area contributed by atoms with E-state index in [1.54, 1.807) is 0 Å². The molecule has 96 valence electrons. The zero-order chi connectivity index (χ0) is 13.3. The predicted molar refractivity (Wildman–Crippen MR) is 66.2 cm³/mol. The molecule has 0 atom stereocenters. The summed E-state index contributed by atoms with van der Waals surface area (Å²) in [5.41, 5.74) is -0.377. The van der Waals surface area contributed by atoms with Gasteiger partial charge in [-0.2, -0.15) is 13.2 Å². The lowest BCUT2D eigenvalue weighted by atomic mass is 10.1. The van der Waals surface area contributed by atoms with E-state index in [1.807, 2.05) is 6.92 Å². The third-order valence-corrected chi connectivity index (χ3v) is 3.10. The first-order valence-corrected chi connectivity index (χ1v) is 6.24. The largest absolute Gasteiger partial charge is 0.416 e. The van der Waals surface area contributed by atoms with E-state index in [1.165, 1.54) is 6.07 Å². The molecular formula is C12H10BrF3N2. The standard InChI is InChI=1S/C12H10BrF3N2/c1-2-3-10-17-9-6-7(12(14,15)16)4-5-8(9)11(13)18-10/h4-6H,2-3H2,1H3. The van der Waals surface area contributed by atoms with E-state index in [9.17, 15) is 13.2 Å². The number of aromatic nitrogens is 2. The molecular weight excluding hydrogens is 309 g/mol. The number of fused-ring (bicyclic) bond motifs is 1. The van der Waals surface area contributed by atoms with Gasteiger partial charge in [-0.25, -0.2) is 9.97 Å². The van der Waals surface area contributed by atoms with Crippen LogP contribution in [0.25, 0.3) is 10.9 Å². The van der Waals surface area contributed by atoms with Crippen molar-refractivity contribution in [3.63, 3.8) is 0 Å². The van der Waals surface area contributed by atoms with Crippen molar-refractivity contribution >= 4 is 26.8 Å². The smallest absolute Gasteiger partial charge is 0.233 e. The number of alkyl halides is 3. The van der Waals surface area contributed by atoms with Gasteiger partial charge in [-0.1, -0.05) is 6.92 Å². The van der Waals surface area contributed by atoms with E-state index in [0.29, 0.717) is 27.8 Å². The topological polar surface area (TPSA) is 25.8 Å². The summed E-state index contributed by atoms with van der Waals surface area (Å²) in [7, 11) is 0. The average Bonchev–Trinajstić information content (AvgIpc) is 2.27. The van der Waals surface area contributed by atoms with E-state index in [4.69, 9.17) is 0 Å². The molecule has 6 heteroatoms. The second kappa shape index (κ2) is 4.84. The minimum Gasteiger partial charge on any atom is -0.233 e. The first-order chi connectivity index (χ1) is 8.41. The summed E-state index contributed by atoms with van der Waals surface area (Å²) < 4.78 is 38.4. The molecule has 2 rings (SSSR count). The zero-order valence-electron chi connectivity index (χ0n) is 9.55. The molecule has 2 nitrogen and oxygen atoms in total. The van der Waals surface area contributed by atoms with Crippen molar-refractivity contribution in [1.29, 1.82) is 0 Å². The van der Waals surface area contributed by atoms with E-state index < -0.39 is 11.7 Å². The summed E-state index contributed by atoms with van der Waals surface area (Å²) in [6.45, 7) is 1.97. The molecule has 0 aliphatic carbocycles. The van der Waals surface area contributed by atoms with Crippen molar-refractivity contribution in [2.45, 2.75) is 25.9 Å². The molecule has 1 heterocycles. The van der Waals surface area contributed by atoms with Gasteiger partial charge in [-0.15, -0.1) is 0 Å². The number of hydrogen-bond acceptors (Lipinski definition) is 2. The molecule has 18 heavy (non-hydrogen) atoms. The van der Waals surface area contributed by atoms with Crippen LogP contribution < -0.4 is 0 Å². The lowest BCUT2D eigenvalue weighted by molar-refractivity contribution is -0.137. The molecule has 2 aromatic rings. The van der Waals surface area contributed by atoms with E-state index >= 15 is 0 Å². The SMILES string of the molecule is CCCc1nc(Br)c2ccc(C(F)(F)F)cc2n1. The van der Waals surface area contributed by atoms with Crippen molar-refractivity contribution in [3.05, 3.63) is 34.2 Å². The van der Waals surface area contributed by atoms with Gasteiger partial charge < -0.3 is 0 Å². The maximum Gasteiger partial charge on any atom is 0.416 e. The number of halogens is 4. The van der Waals surface area contributed by atoms with Gasteiger partial charge in [0.15, 0.2) is 0 Å². The molecule has 1 aromatic heterocycles. The van der Waals surface area contributed by atoms with Crippen molar-refractivity contribution in [2.24, 2.45) is 0 Å². The Morgan fingerprint density at radius 3 is 2.56 bits per heavy atom. The van der Waals surface area contributed by atoms with Gasteiger partial charge in [0.25, 0.3) is 0 Å². The third kappa shape index (κ3) is 2.63. The fourth-order valence-corrected chi connectivity index (χ4v) is 2.19. The molecule has 0 amide bonds. The van der Waals surface area contributed by atoms with Gasteiger partial charge in [0.05, 0.1) is 11.1 Å². The molecule has 0 saturated heterocycles. The second-order valence-electron chi connectivity index (χ2n) is 3.91. The Bertz CT molecular complexity index is 581. The zero-order valence-corrected chi connectivity index (χ0v) is 11.1. The number of hydrogen-bond donors (Lipinski definition) is 0. The summed E-state index contributed by atoms with van der Waals surface area (Å²) >= 11 is 3.26. The van der Waals surface area contributed by atoms with Crippen molar-refractivity contribution in [3.8, 4) is 0 Å². The van der Waals surface area contributed by atoms with Crippen LogP contribution in [0.4, 0.5) is 13.2 Å². The second-order valence-corrected chi connectivity index (χ2v) is 4.66. The highest BCUT2D eigenvalue weighted by atomic mass is 79.9. The Balaban J connectivity index is 2.60. The number of aryl methyl sites for hydroxylation is 1. The monoisotopic (exact) mass is 318 g/mol. The highest BCUT2D eigenvalue weighted by Crippen LogP contribution is 2.32. The van der Waals surface area contributed by atoms with E-state index in [2.05, 4.69) is 25.9 Å². The van der Waals surface area contributed by atoms with Crippen LogP contribution in [-0.2, 0) is 12.6 Å². The molecule has 0 saturated carbocycles. The summed E-state index contributed by atoms with van der Waals surface area (Å²) in [5, 5.41) is 0.586. The summed E-state index contributed by atoms with van der Waals surface area (Å²) in [6, 6.07) is 3.48. The normalized spacial score (nSPS) is 12.1. The van der Waals surface area contributed by atoms with E-state index in [0.717, 1.165) is 18.6 Å². The molecule has 0 aliphatic heterocycles. The molecule has 0 fully saturated rings. The molecule has 0 radical (unpaired) electrons. The average molecular weight is 319 g/mol. The van der Waals surface area contributed by atoms with Gasteiger partial charge in [0.1, 0.15) is 10.4 Å². The van der Waals surface area contributed by atoms with Crippen LogP contribution in [-0.4, -0.2) is 9.97 Å². The van der Waals surface area contributed by atoms with Crippen molar-refractivity contribution in [2.75, 3.05) is 0 Å². The maximum atomic E-state index is 12.6. The molecule has 0 aliphatic rings. The van der Waals surface area contributed by atoms with Crippen molar-refractivity contribution < 1.29 is 13.2 Å². The lowest BCUT2D eigenvalue weighted by Crippen LogP contribution is -2.05. The van der Waals surface area contributed by atoms with Gasteiger partial charge >= 0.3 is 6.18 Å². The van der Waals surface area contributed by atoms with Crippen LogP contribution in [0.3, 0.4) is 0 Å². The van der Waals surface area contributed by atoms with Crippen LogP contribution in [0, 0.1) is 0 Å². The number of benzene rings is 1. The Hall–Kier alpha value is -1.17. The molecule has 0 unspecified atom stereocenters. The van der Waals surface area contributed by atoms with Crippen molar-refractivity contribution in [1.82, 2.24) is 9.97 Å². The molecule has 0 spiro atoms. The van der Waals surface area contributed by atoms with Gasteiger partial charge in [0.2, 0.25) is 0 Å². The first-order valence-electron chi connectivity index (χ1n) is 5.45. The van der Waals surface area contributed by atoms with Crippen LogP contribution in [0.15, 0.2) is 22.8 Å². The fourth-order valence-electron chi connectivity index (χ4n) is 1.65. The Morgan fingerprint density at radius 1 is 1.22 bits per heavy atom. The van der Waals surface area contributed by atoms with Crippen LogP contribution >= 0.6 is 15.9 Å². The Labute approximate surface area is 110 Å². The Kier molecular flexibility index (Phi) is 3.56. The Morgan fingerprint density at radius 2 is 1.94 bits per heavy atom. The number of nitrogens with zero attached hydrogens (tertiary/aromatic N) is 2. The predicted octanol–water partition coefficient (Wildman–Crippen LogP) is 4.36. The third-order valence-electron chi connectivity index (χ3n) is 2.50. The summed E-state index contributed by atoms with van der Waals surface area (Å²) in [6.07, 6.45) is -2.86. The van der Waals surface area contributed by atoms with Crippen LogP contribution in [0.1, 0.15) is 24.7 Å². The summed E-state index contributed by atoms with van der Waals surface area (Å²) in [4.78, 5) is 8.37. The quantitative estimate of drug-likeness (QED) is 0.769. The maximum absolute atomic E-state index is 12.6.